The maximum atomic E-state index is 5.39. The van der Waals surface area contributed by atoms with E-state index < -0.39 is 0 Å². The van der Waals surface area contributed by atoms with E-state index >= 15 is 0 Å². The quantitative estimate of drug-likeness (QED) is 0.806. The fourth-order valence-corrected chi connectivity index (χ4v) is 2.65. The zero-order chi connectivity index (χ0) is 12.0. The van der Waals surface area contributed by atoms with Crippen LogP contribution in [0.15, 0.2) is 30.5 Å². The minimum atomic E-state index is 0.620. The molecule has 0 aliphatic heterocycles. The van der Waals surface area contributed by atoms with Gasteiger partial charge in [0.1, 0.15) is 5.75 Å². The molecule has 1 fully saturated rings. The lowest BCUT2D eigenvalue weighted by Gasteiger charge is -2.10. The lowest BCUT2D eigenvalue weighted by atomic mass is 10.2. The number of rotatable bonds is 3. The number of aromatic nitrogens is 1. The van der Waals surface area contributed by atoms with E-state index in [0.29, 0.717) is 12.1 Å². The molecule has 0 saturated heterocycles. The van der Waals surface area contributed by atoms with Crippen molar-refractivity contribution in [2.24, 2.45) is 0 Å². The van der Waals surface area contributed by atoms with Gasteiger partial charge in [0.25, 0.3) is 0 Å². The van der Waals surface area contributed by atoms with Gasteiger partial charge >= 0.3 is 0 Å². The van der Waals surface area contributed by atoms with Gasteiger partial charge in [-0.3, -0.25) is 0 Å². The van der Waals surface area contributed by atoms with Crippen molar-refractivity contribution in [3.05, 3.63) is 30.5 Å². The Labute approximate surface area is 102 Å². The van der Waals surface area contributed by atoms with Gasteiger partial charge in [0.05, 0.1) is 18.7 Å². The summed E-state index contributed by atoms with van der Waals surface area (Å²) in [5.41, 5.74) is 1.28. The first kappa shape index (κ1) is 10.7. The number of hydrogen-bond donors (Lipinski definition) is 0. The third-order valence-corrected chi connectivity index (χ3v) is 3.69. The fraction of sp³-hybridized carbons (Fsp3) is 0.429. The van der Waals surface area contributed by atoms with Crippen LogP contribution in [0.4, 0.5) is 0 Å². The van der Waals surface area contributed by atoms with E-state index in [9.17, 15) is 0 Å². The van der Waals surface area contributed by atoms with Gasteiger partial charge in [0.2, 0.25) is 0 Å². The van der Waals surface area contributed by atoms with E-state index in [0.717, 1.165) is 5.75 Å². The SMILES string of the molecule is COc1cccc2c1ccn2C1CC1N(C)C. The molecule has 1 saturated carbocycles. The van der Waals surface area contributed by atoms with E-state index in [2.05, 4.69) is 48.0 Å². The van der Waals surface area contributed by atoms with Crippen molar-refractivity contribution in [2.75, 3.05) is 21.2 Å². The predicted molar refractivity (Wildman–Crippen MR) is 69.6 cm³/mol. The zero-order valence-electron chi connectivity index (χ0n) is 10.6. The molecule has 2 aromatic rings. The summed E-state index contributed by atoms with van der Waals surface area (Å²) in [5, 5.41) is 1.21. The standard InChI is InChI=1S/C14H18N2O/c1-15(2)12-9-13(12)16-8-7-10-11(16)5-4-6-14(10)17-3/h4-8,12-13H,9H2,1-3H3. The van der Waals surface area contributed by atoms with E-state index in [1.807, 2.05) is 6.07 Å². The lowest BCUT2D eigenvalue weighted by Crippen LogP contribution is -2.17. The summed E-state index contributed by atoms with van der Waals surface area (Å²) in [6.07, 6.45) is 3.43. The molecule has 0 spiro atoms. The highest BCUT2D eigenvalue weighted by Gasteiger charge is 2.40. The molecule has 1 heterocycles. The van der Waals surface area contributed by atoms with E-state index in [-0.39, 0.29) is 0 Å². The number of benzene rings is 1. The molecule has 90 valence electrons. The van der Waals surface area contributed by atoms with Crippen LogP contribution < -0.4 is 4.74 Å². The van der Waals surface area contributed by atoms with Crippen molar-refractivity contribution in [2.45, 2.75) is 18.5 Å². The molecule has 17 heavy (non-hydrogen) atoms. The maximum absolute atomic E-state index is 5.39. The summed E-state index contributed by atoms with van der Waals surface area (Å²) < 4.78 is 7.77. The number of hydrogen-bond acceptors (Lipinski definition) is 2. The van der Waals surface area contributed by atoms with Crippen LogP contribution in [0, 0.1) is 0 Å². The molecule has 3 nitrogen and oxygen atoms in total. The first-order chi connectivity index (χ1) is 8.22. The van der Waals surface area contributed by atoms with Crippen molar-refractivity contribution in [3.63, 3.8) is 0 Å². The second-order valence-corrected chi connectivity index (χ2v) is 4.95. The molecule has 2 unspecified atom stereocenters. The van der Waals surface area contributed by atoms with Crippen molar-refractivity contribution in [1.82, 2.24) is 9.47 Å². The molecule has 2 atom stereocenters. The van der Waals surface area contributed by atoms with Crippen molar-refractivity contribution in [3.8, 4) is 5.75 Å². The van der Waals surface area contributed by atoms with Gasteiger partial charge < -0.3 is 14.2 Å². The van der Waals surface area contributed by atoms with Crippen molar-refractivity contribution in [1.29, 1.82) is 0 Å². The predicted octanol–water partition coefficient (Wildman–Crippen LogP) is 2.52. The average molecular weight is 230 g/mol. The Hall–Kier alpha value is -1.48. The Balaban J connectivity index is 2.02. The molecule has 3 heteroatoms. The van der Waals surface area contributed by atoms with Crippen LogP contribution in [0.1, 0.15) is 12.5 Å². The summed E-state index contributed by atoms with van der Waals surface area (Å²) in [4.78, 5) is 2.30. The average Bonchev–Trinajstić information content (AvgIpc) is 3.01. The Morgan fingerprint density at radius 2 is 2.12 bits per heavy atom. The zero-order valence-corrected chi connectivity index (χ0v) is 10.6. The Bertz CT molecular complexity index is 544. The van der Waals surface area contributed by atoms with E-state index in [1.165, 1.54) is 17.3 Å². The Kier molecular flexibility index (Phi) is 2.37. The van der Waals surface area contributed by atoms with Crippen LogP contribution in [-0.4, -0.2) is 36.7 Å². The highest BCUT2D eigenvalue weighted by Crippen LogP contribution is 2.42. The van der Waals surface area contributed by atoms with E-state index in [1.54, 1.807) is 7.11 Å². The first-order valence-electron chi connectivity index (χ1n) is 6.02. The molecule has 0 amide bonds. The molecule has 1 aromatic heterocycles. The minimum absolute atomic E-state index is 0.620. The lowest BCUT2D eigenvalue weighted by molar-refractivity contribution is 0.377. The Morgan fingerprint density at radius 1 is 1.29 bits per heavy atom. The smallest absolute Gasteiger partial charge is 0.128 e. The second-order valence-electron chi connectivity index (χ2n) is 4.95. The molecule has 0 N–H and O–H groups in total. The summed E-state index contributed by atoms with van der Waals surface area (Å²) in [6.45, 7) is 0. The third kappa shape index (κ3) is 1.62. The van der Waals surface area contributed by atoms with Crippen LogP contribution in [-0.2, 0) is 0 Å². The van der Waals surface area contributed by atoms with Gasteiger partial charge in [-0.05, 0) is 38.7 Å². The normalized spacial score (nSPS) is 23.3. The van der Waals surface area contributed by atoms with Gasteiger partial charge in [-0.15, -0.1) is 0 Å². The third-order valence-electron chi connectivity index (χ3n) is 3.69. The number of nitrogens with zero attached hydrogens (tertiary/aromatic N) is 2. The Morgan fingerprint density at radius 3 is 2.76 bits per heavy atom. The molecule has 0 radical (unpaired) electrons. The van der Waals surface area contributed by atoms with Gasteiger partial charge in [-0.1, -0.05) is 6.07 Å². The molecular weight excluding hydrogens is 212 g/mol. The second kappa shape index (κ2) is 3.77. The van der Waals surface area contributed by atoms with Gasteiger partial charge in [0, 0.05) is 17.6 Å². The van der Waals surface area contributed by atoms with Gasteiger partial charge in [-0.25, -0.2) is 0 Å². The van der Waals surface area contributed by atoms with Crippen LogP contribution in [0.3, 0.4) is 0 Å². The van der Waals surface area contributed by atoms with Gasteiger partial charge in [0.15, 0.2) is 0 Å². The summed E-state index contributed by atoms with van der Waals surface area (Å²) >= 11 is 0. The number of fused-ring (bicyclic) bond motifs is 1. The van der Waals surface area contributed by atoms with Crippen LogP contribution >= 0.6 is 0 Å². The van der Waals surface area contributed by atoms with Crippen LogP contribution in [0.2, 0.25) is 0 Å². The van der Waals surface area contributed by atoms with Gasteiger partial charge in [-0.2, -0.15) is 0 Å². The molecule has 1 aliphatic carbocycles. The topological polar surface area (TPSA) is 17.4 Å². The molecule has 0 bridgehead atoms. The monoisotopic (exact) mass is 230 g/mol. The molecule has 1 aromatic carbocycles. The summed E-state index contributed by atoms with van der Waals surface area (Å²) in [7, 11) is 6.03. The first-order valence-corrected chi connectivity index (χ1v) is 6.02. The van der Waals surface area contributed by atoms with Crippen molar-refractivity contribution < 1.29 is 4.74 Å². The summed E-state index contributed by atoms with van der Waals surface area (Å²) in [6, 6.07) is 9.70. The highest BCUT2D eigenvalue weighted by atomic mass is 16.5. The number of ether oxygens (including phenoxy) is 1. The molecule has 1 aliphatic rings. The molecular formula is C14H18N2O. The summed E-state index contributed by atoms with van der Waals surface area (Å²) in [5.74, 6) is 0.961. The minimum Gasteiger partial charge on any atom is -0.496 e. The largest absolute Gasteiger partial charge is 0.496 e. The van der Waals surface area contributed by atoms with Crippen molar-refractivity contribution >= 4 is 10.9 Å². The number of likely N-dealkylation sites (N-methyl/N-ethyl adjacent to an activating group) is 1. The van der Waals surface area contributed by atoms with E-state index in [4.69, 9.17) is 4.74 Å². The molecule has 3 rings (SSSR count). The van der Waals surface area contributed by atoms with Crippen LogP contribution in [0.5, 0.6) is 5.75 Å². The number of methoxy groups -OCH3 is 1. The fourth-order valence-electron chi connectivity index (χ4n) is 2.65. The highest BCUT2D eigenvalue weighted by molar-refractivity contribution is 5.86. The van der Waals surface area contributed by atoms with Crippen LogP contribution in [0.25, 0.3) is 10.9 Å². The maximum Gasteiger partial charge on any atom is 0.128 e.